The van der Waals surface area contributed by atoms with Crippen molar-refractivity contribution in [2.75, 3.05) is 14.2 Å². The number of pyridine rings is 1. The third-order valence-electron chi connectivity index (χ3n) is 2.45. The molecule has 0 N–H and O–H groups in total. The number of fused-ring (bicyclic) bond motifs is 1. The predicted molar refractivity (Wildman–Crippen MR) is 72.3 cm³/mol. The molecular formula is C12H9FINO3. The lowest BCUT2D eigenvalue weighted by Gasteiger charge is -2.09. The molecule has 0 atom stereocenters. The van der Waals surface area contributed by atoms with Gasteiger partial charge in [0.05, 0.1) is 23.3 Å². The summed E-state index contributed by atoms with van der Waals surface area (Å²) in [5.41, 5.74) is 0.473. The van der Waals surface area contributed by atoms with Crippen LogP contribution >= 0.6 is 22.6 Å². The minimum atomic E-state index is -0.588. The number of benzene rings is 1. The lowest BCUT2D eigenvalue weighted by atomic mass is 10.1. The third-order valence-corrected chi connectivity index (χ3v) is 3.48. The van der Waals surface area contributed by atoms with Crippen molar-refractivity contribution in [1.29, 1.82) is 0 Å². The quantitative estimate of drug-likeness (QED) is 0.610. The molecule has 0 spiro atoms. The van der Waals surface area contributed by atoms with Gasteiger partial charge in [0.2, 0.25) is 0 Å². The number of methoxy groups -OCH3 is 2. The van der Waals surface area contributed by atoms with Crippen molar-refractivity contribution >= 4 is 39.5 Å². The number of hydrogen-bond donors (Lipinski definition) is 0. The first kappa shape index (κ1) is 13.0. The van der Waals surface area contributed by atoms with Gasteiger partial charge in [0.1, 0.15) is 11.6 Å². The van der Waals surface area contributed by atoms with Gasteiger partial charge in [-0.05, 0) is 34.7 Å². The number of esters is 1. The smallest absolute Gasteiger partial charge is 0.356 e. The Kier molecular flexibility index (Phi) is 3.65. The Labute approximate surface area is 116 Å². The zero-order valence-corrected chi connectivity index (χ0v) is 11.8. The van der Waals surface area contributed by atoms with Gasteiger partial charge >= 0.3 is 5.97 Å². The van der Waals surface area contributed by atoms with E-state index in [0.717, 1.165) is 0 Å². The van der Waals surface area contributed by atoms with E-state index in [2.05, 4.69) is 9.72 Å². The molecule has 4 nitrogen and oxygen atoms in total. The summed E-state index contributed by atoms with van der Waals surface area (Å²) in [6, 6.07) is 4.38. The molecule has 0 unspecified atom stereocenters. The number of ether oxygens (including phenoxy) is 2. The van der Waals surface area contributed by atoms with E-state index in [4.69, 9.17) is 4.74 Å². The summed E-state index contributed by atoms with van der Waals surface area (Å²) in [4.78, 5) is 15.6. The molecule has 1 heterocycles. The highest BCUT2D eigenvalue weighted by molar-refractivity contribution is 14.1. The first-order chi connectivity index (χ1) is 8.58. The number of aromatic nitrogens is 1. The predicted octanol–water partition coefficient (Wildman–Crippen LogP) is 2.77. The Bertz CT molecular complexity index is 630. The monoisotopic (exact) mass is 361 g/mol. The number of rotatable bonds is 2. The fourth-order valence-corrected chi connectivity index (χ4v) is 2.17. The second-order valence-electron chi connectivity index (χ2n) is 3.46. The molecular weight excluding hydrogens is 352 g/mol. The fraction of sp³-hybridized carbons (Fsp3) is 0.167. The summed E-state index contributed by atoms with van der Waals surface area (Å²) in [5, 5.41) is 0.649. The Morgan fingerprint density at radius 3 is 2.72 bits per heavy atom. The van der Waals surface area contributed by atoms with Crippen molar-refractivity contribution in [3.63, 3.8) is 0 Å². The Balaban J connectivity index is 2.80. The van der Waals surface area contributed by atoms with Crippen LogP contribution in [0, 0.1) is 9.39 Å². The third kappa shape index (κ3) is 2.12. The van der Waals surface area contributed by atoms with E-state index in [-0.39, 0.29) is 11.5 Å². The highest BCUT2D eigenvalue weighted by atomic mass is 127. The minimum Gasteiger partial charge on any atom is -0.496 e. The molecule has 94 valence electrons. The van der Waals surface area contributed by atoms with E-state index < -0.39 is 5.97 Å². The maximum absolute atomic E-state index is 13.5. The molecule has 6 heteroatoms. The molecule has 1 aromatic carbocycles. The number of hydrogen-bond acceptors (Lipinski definition) is 4. The molecule has 1 aromatic heterocycles. The summed E-state index contributed by atoms with van der Waals surface area (Å²) in [7, 11) is 2.74. The van der Waals surface area contributed by atoms with Gasteiger partial charge in [-0.2, -0.15) is 0 Å². The fourth-order valence-electron chi connectivity index (χ4n) is 1.58. The van der Waals surface area contributed by atoms with E-state index in [0.29, 0.717) is 20.2 Å². The summed E-state index contributed by atoms with van der Waals surface area (Å²) < 4.78 is 23.6. The first-order valence-corrected chi connectivity index (χ1v) is 6.07. The van der Waals surface area contributed by atoms with Crippen molar-refractivity contribution in [2.24, 2.45) is 0 Å². The molecule has 0 aliphatic carbocycles. The van der Waals surface area contributed by atoms with Crippen molar-refractivity contribution < 1.29 is 18.7 Å². The van der Waals surface area contributed by atoms with Gasteiger partial charge in [0.25, 0.3) is 0 Å². The van der Waals surface area contributed by atoms with Crippen molar-refractivity contribution in [1.82, 2.24) is 4.98 Å². The van der Waals surface area contributed by atoms with E-state index in [1.54, 1.807) is 6.07 Å². The van der Waals surface area contributed by atoms with E-state index in [1.165, 1.54) is 26.4 Å². The van der Waals surface area contributed by atoms with E-state index in [1.807, 2.05) is 22.6 Å². The maximum Gasteiger partial charge on any atom is 0.356 e. The summed E-state index contributed by atoms with van der Waals surface area (Å²) >= 11 is 1.84. The Morgan fingerprint density at radius 2 is 2.11 bits per heavy atom. The van der Waals surface area contributed by atoms with Gasteiger partial charge in [-0.25, -0.2) is 14.2 Å². The molecule has 0 radical (unpaired) electrons. The van der Waals surface area contributed by atoms with Gasteiger partial charge in [0, 0.05) is 11.5 Å². The molecule has 0 saturated carbocycles. The lowest BCUT2D eigenvalue weighted by molar-refractivity contribution is 0.0594. The molecule has 0 amide bonds. The summed E-state index contributed by atoms with van der Waals surface area (Å²) in [6.45, 7) is 0. The highest BCUT2D eigenvalue weighted by Gasteiger charge is 2.16. The molecule has 0 aliphatic heterocycles. The zero-order chi connectivity index (χ0) is 13.3. The van der Waals surface area contributed by atoms with Crippen molar-refractivity contribution in [3.05, 3.63) is 33.3 Å². The molecule has 0 saturated heterocycles. The van der Waals surface area contributed by atoms with Gasteiger partial charge in [-0.3, -0.25) is 0 Å². The number of halogens is 2. The molecule has 18 heavy (non-hydrogen) atoms. The molecule has 2 rings (SSSR count). The molecule has 0 bridgehead atoms. The molecule has 0 aliphatic rings. The second kappa shape index (κ2) is 5.05. The maximum atomic E-state index is 13.5. The average molecular weight is 361 g/mol. The van der Waals surface area contributed by atoms with Crippen LogP contribution in [0.2, 0.25) is 0 Å². The van der Waals surface area contributed by atoms with Crippen LogP contribution in [-0.4, -0.2) is 25.2 Å². The van der Waals surface area contributed by atoms with Gasteiger partial charge < -0.3 is 9.47 Å². The van der Waals surface area contributed by atoms with E-state index in [9.17, 15) is 9.18 Å². The van der Waals surface area contributed by atoms with E-state index >= 15 is 0 Å². The minimum absolute atomic E-state index is 0.0883. The van der Waals surface area contributed by atoms with Crippen LogP contribution in [0.1, 0.15) is 10.5 Å². The Hall–Kier alpha value is -1.44. The lowest BCUT2D eigenvalue weighted by Crippen LogP contribution is -2.06. The van der Waals surface area contributed by atoms with Gasteiger partial charge in [-0.15, -0.1) is 0 Å². The SMILES string of the molecule is COC(=O)c1cc(OC)c2ccc(F)c(I)c2n1. The van der Waals surface area contributed by atoms with Crippen LogP contribution in [0.4, 0.5) is 4.39 Å². The number of nitrogens with zero attached hydrogens (tertiary/aromatic N) is 1. The normalized spacial score (nSPS) is 10.4. The topological polar surface area (TPSA) is 48.4 Å². The van der Waals surface area contributed by atoms with Crippen LogP contribution < -0.4 is 4.74 Å². The van der Waals surface area contributed by atoms with Crippen LogP contribution in [0.5, 0.6) is 5.75 Å². The first-order valence-electron chi connectivity index (χ1n) is 4.99. The summed E-state index contributed by atoms with van der Waals surface area (Å²) in [6.07, 6.45) is 0. The van der Waals surface area contributed by atoms with Gasteiger partial charge in [0.15, 0.2) is 5.69 Å². The van der Waals surface area contributed by atoms with Crippen LogP contribution in [0.3, 0.4) is 0 Å². The summed E-state index contributed by atoms with van der Waals surface area (Å²) in [5.74, 6) is -0.520. The Morgan fingerprint density at radius 1 is 1.39 bits per heavy atom. The van der Waals surface area contributed by atoms with Crippen LogP contribution in [-0.2, 0) is 4.74 Å². The van der Waals surface area contributed by atoms with Crippen molar-refractivity contribution in [2.45, 2.75) is 0 Å². The highest BCUT2D eigenvalue weighted by Crippen LogP contribution is 2.30. The zero-order valence-electron chi connectivity index (χ0n) is 9.66. The largest absolute Gasteiger partial charge is 0.496 e. The van der Waals surface area contributed by atoms with Gasteiger partial charge in [-0.1, -0.05) is 0 Å². The average Bonchev–Trinajstić information content (AvgIpc) is 2.41. The molecule has 2 aromatic rings. The second-order valence-corrected chi connectivity index (χ2v) is 4.54. The van der Waals surface area contributed by atoms with Crippen LogP contribution in [0.15, 0.2) is 18.2 Å². The molecule has 0 fully saturated rings. The number of carbonyl (C=O) groups is 1. The number of carbonyl (C=O) groups excluding carboxylic acids is 1. The van der Waals surface area contributed by atoms with Crippen LogP contribution in [0.25, 0.3) is 10.9 Å². The standard InChI is InChI=1S/C12H9FINO3/c1-17-9-5-8(12(16)18-2)15-11-6(9)3-4-7(13)10(11)14/h3-5H,1-2H3. The van der Waals surface area contributed by atoms with Crippen molar-refractivity contribution in [3.8, 4) is 5.75 Å².